The fraction of sp³-hybridized carbons (Fsp3) is 0.636. The van der Waals surface area contributed by atoms with E-state index in [1.54, 1.807) is 0 Å². The monoisotopic (exact) mass is 234 g/mol. The van der Waals surface area contributed by atoms with Crippen LogP contribution in [0.1, 0.15) is 50.5 Å². The zero-order valence-corrected chi connectivity index (χ0v) is 5.90. The van der Waals surface area contributed by atoms with E-state index in [4.69, 9.17) is 31.5 Å². The van der Waals surface area contributed by atoms with Gasteiger partial charge in [-0.2, -0.15) is 9.59 Å². The Balaban J connectivity index is -0.00000000547. The molecule has 0 amide bonds. The normalized spacial score (nSPS) is 2.00. The fourth-order valence-electron chi connectivity index (χ4n) is 0. The van der Waals surface area contributed by atoms with Gasteiger partial charge in [-0.05, 0) is 0 Å². The van der Waals surface area contributed by atoms with E-state index < -0.39 is 0 Å². The molecule has 5 nitrogen and oxygen atoms in total. The summed E-state index contributed by atoms with van der Waals surface area (Å²) in [5.41, 5.74) is 0. The van der Waals surface area contributed by atoms with Crippen molar-refractivity contribution in [3.05, 3.63) is 6.65 Å². The molecule has 0 N–H and O–H groups in total. The molecule has 5 heteroatoms. The number of nitrogens with zero attached hydrogens (tertiary/aromatic N) is 2. The molecule has 0 aliphatic carbocycles. The van der Waals surface area contributed by atoms with Gasteiger partial charge in [-0.3, -0.25) is 0 Å². The first-order chi connectivity index (χ1) is 5.33. The van der Waals surface area contributed by atoms with Gasteiger partial charge in [0.15, 0.2) is 0 Å². The molecule has 0 aliphatic rings. The number of terminal acetylenes is 1. The minimum absolute atomic E-state index is 0. The summed E-state index contributed by atoms with van der Waals surface area (Å²) in [6.07, 6.45) is 5.88. The number of carbonyl (C=O) groups excluding carboxylic acids is 2. The molecular weight excluding hydrogens is 208 g/mol. The minimum atomic E-state index is 0. The third kappa shape index (κ3) is 1840. The molecule has 0 unspecified atom stereocenters. The topological polar surface area (TPSA) is 102 Å². The Morgan fingerprint density at radius 2 is 1.12 bits per heavy atom. The molecule has 16 heavy (non-hydrogen) atoms. The van der Waals surface area contributed by atoms with Crippen molar-refractivity contribution in [2.24, 2.45) is 0 Å². The SMILES string of the molecule is C.C.C.C.C.C#CCC.N#N.O=C=O.[C-]#[O+]. The third-order valence-corrected chi connectivity index (χ3v) is 0.204. The van der Waals surface area contributed by atoms with Crippen molar-refractivity contribution in [1.82, 2.24) is 0 Å². The maximum atomic E-state index is 8.12. The predicted octanol–water partition coefficient (Wildman–Crippen LogP) is 3.62. The van der Waals surface area contributed by atoms with Gasteiger partial charge in [0.2, 0.25) is 0 Å². The van der Waals surface area contributed by atoms with Crippen molar-refractivity contribution in [3.8, 4) is 12.3 Å². The average molecular weight is 234 g/mol. The Bertz CT molecular complexity index is 146. The van der Waals surface area contributed by atoms with Gasteiger partial charge in [-0.15, -0.1) is 12.3 Å². The van der Waals surface area contributed by atoms with Crippen LogP contribution in [-0.2, 0) is 14.2 Å². The summed E-state index contributed by atoms with van der Waals surface area (Å²) < 4.78 is 7.50. The van der Waals surface area contributed by atoms with Gasteiger partial charge in [-0.1, -0.05) is 44.1 Å². The Morgan fingerprint density at radius 3 is 1.12 bits per heavy atom. The van der Waals surface area contributed by atoms with Crippen LogP contribution in [0.3, 0.4) is 0 Å². The predicted molar refractivity (Wildman–Crippen MR) is 65.2 cm³/mol. The fourth-order valence-corrected chi connectivity index (χ4v) is 0. The molecule has 0 spiro atoms. The van der Waals surface area contributed by atoms with E-state index in [0.717, 1.165) is 6.42 Å². The van der Waals surface area contributed by atoms with Crippen LogP contribution in [-0.4, -0.2) is 6.15 Å². The van der Waals surface area contributed by atoms with Crippen LogP contribution in [0.25, 0.3) is 0 Å². The van der Waals surface area contributed by atoms with Crippen LogP contribution >= 0.6 is 0 Å². The first kappa shape index (κ1) is 93.0. The van der Waals surface area contributed by atoms with E-state index in [1.165, 1.54) is 0 Å². The van der Waals surface area contributed by atoms with Gasteiger partial charge in [-0.25, -0.2) is 0 Å². The van der Waals surface area contributed by atoms with Gasteiger partial charge in [0.25, 0.3) is 0 Å². The molecular formula is C11H26N2O3. The molecule has 0 aliphatic heterocycles. The van der Waals surface area contributed by atoms with Crippen LogP contribution in [0.5, 0.6) is 0 Å². The molecule has 0 fully saturated rings. The van der Waals surface area contributed by atoms with Crippen molar-refractivity contribution in [3.63, 3.8) is 0 Å². The van der Waals surface area contributed by atoms with Crippen LogP contribution in [0.2, 0.25) is 0 Å². The Morgan fingerprint density at radius 1 is 1.06 bits per heavy atom. The van der Waals surface area contributed by atoms with Gasteiger partial charge < -0.3 is 0 Å². The van der Waals surface area contributed by atoms with Crippen molar-refractivity contribution < 1.29 is 14.2 Å². The molecule has 0 saturated carbocycles. The Kier molecular flexibility index (Phi) is 9220. The molecule has 0 bridgehead atoms. The van der Waals surface area contributed by atoms with E-state index in [9.17, 15) is 0 Å². The molecule has 98 valence electrons. The van der Waals surface area contributed by atoms with Crippen molar-refractivity contribution in [2.45, 2.75) is 50.5 Å². The molecule has 0 aromatic carbocycles. The summed E-state index contributed by atoms with van der Waals surface area (Å²) in [5, 5.41) is 12.0. The van der Waals surface area contributed by atoms with Crippen LogP contribution in [0.15, 0.2) is 0 Å². The Hall–Kier alpha value is -1.90. The summed E-state index contributed by atoms with van der Waals surface area (Å²) in [7, 11) is 0. The number of rotatable bonds is 0. The van der Waals surface area contributed by atoms with Crippen LogP contribution in [0, 0.1) is 29.8 Å². The summed E-state index contributed by atoms with van der Waals surface area (Å²) in [5.74, 6) is 2.43. The molecule has 0 heterocycles. The van der Waals surface area contributed by atoms with E-state index in [0.29, 0.717) is 0 Å². The van der Waals surface area contributed by atoms with E-state index >= 15 is 0 Å². The van der Waals surface area contributed by atoms with Crippen LogP contribution in [0.4, 0.5) is 0 Å². The zero-order chi connectivity index (χ0) is 10.1. The quantitative estimate of drug-likeness (QED) is 0.276. The molecule has 0 radical (unpaired) electrons. The summed E-state index contributed by atoms with van der Waals surface area (Å²) >= 11 is 0. The second-order valence-corrected chi connectivity index (χ2v) is 0.641. The second kappa shape index (κ2) is 1590. The molecule has 0 aromatic rings. The average Bonchev–Trinajstić information content (AvgIpc) is 2.12. The first-order valence-electron chi connectivity index (χ1n) is 2.16. The Labute approximate surface area is 101 Å². The summed E-state index contributed by atoms with van der Waals surface area (Å²) in [6.45, 7) is 6.44. The molecule has 0 saturated heterocycles. The molecule has 0 rings (SSSR count). The van der Waals surface area contributed by atoms with Crippen LogP contribution < -0.4 is 0 Å². The maximum absolute atomic E-state index is 8.12. The van der Waals surface area contributed by atoms with Crippen molar-refractivity contribution in [2.75, 3.05) is 0 Å². The van der Waals surface area contributed by atoms with Crippen molar-refractivity contribution >= 4 is 6.15 Å². The van der Waals surface area contributed by atoms with E-state index in [1.807, 2.05) is 6.92 Å². The van der Waals surface area contributed by atoms with E-state index in [-0.39, 0.29) is 43.3 Å². The second-order valence-electron chi connectivity index (χ2n) is 0.641. The number of hydrogen-bond donors (Lipinski definition) is 0. The molecule has 0 atom stereocenters. The molecule has 0 aromatic heterocycles. The van der Waals surface area contributed by atoms with Gasteiger partial charge in [0.1, 0.15) is 0 Å². The van der Waals surface area contributed by atoms with E-state index in [2.05, 4.69) is 12.6 Å². The van der Waals surface area contributed by atoms with Gasteiger partial charge in [0.05, 0.1) is 0 Å². The van der Waals surface area contributed by atoms with Gasteiger partial charge in [0, 0.05) is 17.2 Å². The third-order valence-electron chi connectivity index (χ3n) is 0.204. The summed E-state index contributed by atoms with van der Waals surface area (Å²) in [6, 6.07) is 0. The van der Waals surface area contributed by atoms with Gasteiger partial charge >= 0.3 is 17.5 Å². The summed E-state index contributed by atoms with van der Waals surface area (Å²) in [4.78, 5) is 16.2. The standard InChI is InChI=1S/C4H6.CO2.CO.5CH4.N2/c1-3-4-2;2-1-3;1-2;;;;;;1-2/h1H,4H2,2H3;;;5*1H4;. The first-order valence-corrected chi connectivity index (χ1v) is 2.16. The zero-order valence-electron chi connectivity index (χ0n) is 5.90. The number of hydrogen-bond acceptors (Lipinski definition) is 4. The van der Waals surface area contributed by atoms with Crippen molar-refractivity contribution in [1.29, 1.82) is 10.8 Å².